The summed E-state index contributed by atoms with van der Waals surface area (Å²) in [5.74, 6) is 2.53. The molecule has 108 valence electrons. The van der Waals surface area contributed by atoms with Crippen molar-refractivity contribution < 1.29 is 0 Å². The van der Waals surface area contributed by atoms with E-state index in [4.69, 9.17) is 0 Å². The van der Waals surface area contributed by atoms with Gasteiger partial charge in [0.05, 0.1) is 0 Å². The summed E-state index contributed by atoms with van der Waals surface area (Å²) in [7, 11) is 0. The lowest BCUT2D eigenvalue weighted by Gasteiger charge is -2.20. The number of rotatable bonds is 4. The molecule has 0 amide bonds. The highest BCUT2D eigenvalue weighted by Gasteiger charge is 2.55. The van der Waals surface area contributed by atoms with Crippen molar-refractivity contribution in [1.29, 1.82) is 0 Å². The largest absolute Gasteiger partial charge is 0.367 e. The Hall–Kier alpha value is -1.94. The summed E-state index contributed by atoms with van der Waals surface area (Å²) in [6.07, 6.45) is 1.64. The first kappa shape index (κ1) is 12.8. The Morgan fingerprint density at radius 3 is 2.62 bits per heavy atom. The van der Waals surface area contributed by atoms with Crippen LogP contribution in [0.4, 0.5) is 5.82 Å². The van der Waals surface area contributed by atoms with Crippen molar-refractivity contribution in [2.45, 2.75) is 19.5 Å². The highest BCUT2D eigenvalue weighted by atomic mass is 15.2. The molecule has 1 saturated carbocycles. The quantitative estimate of drug-likeness (QED) is 0.933. The minimum atomic E-state index is 0.603. The summed E-state index contributed by atoms with van der Waals surface area (Å²) in [5, 5.41) is 3.57. The first-order chi connectivity index (χ1) is 10.3. The molecule has 1 aromatic carbocycles. The maximum absolute atomic E-state index is 4.30. The number of fused-ring (bicyclic) bond motifs is 1. The van der Waals surface area contributed by atoms with Crippen LogP contribution in [0.3, 0.4) is 0 Å². The van der Waals surface area contributed by atoms with Crippen LogP contribution in [0, 0.1) is 18.8 Å². The molecule has 2 aliphatic rings. The molecule has 1 aliphatic heterocycles. The molecule has 1 aliphatic carbocycles. The van der Waals surface area contributed by atoms with Gasteiger partial charge in [-0.25, -0.2) is 9.97 Å². The summed E-state index contributed by atoms with van der Waals surface area (Å²) < 4.78 is 0. The number of anilines is 1. The molecule has 1 unspecified atom stereocenters. The molecular formula is C17H20N4. The molecule has 0 spiro atoms. The van der Waals surface area contributed by atoms with Gasteiger partial charge in [-0.05, 0) is 24.3 Å². The van der Waals surface area contributed by atoms with Crippen LogP contribution >= 0.6 is 0 Å². The van der Waals surface area contributed by atoms with E-state index in [9.17, 15) is 0 Å². The third kappa shape index (κ3) is 2.63. The second-order valence-electron chi connectivity index (χ2n) is 6.22. The van der Waals surface area contributed by atoms with E-state index in [1.54, 1.807) is 6.33 Å². The summed E-state index contributed by atoms with van der Waals surface area (Å²) in [6, 6.07) is 13.4. The fourth-order valence-corrected chi connectivity index (χ4v) is 3.50. The maximum Gasteiger partial charge on any atom is 0.129 e. The number of hydrogen-bond acceptors (Lipinski definition) is 4. The molecule has 0 bridgehead atoms. The predicted molar refractivity (Wildman–Crippen MR) is 82.9 cm³/mol. The van der Waals surface area contributed by atoms with Gasteiger partial charge in [0.15, 0.2) is 0 Å². The van der Waals surface area contributed by atoms with Crippen molar-refractivity contribution in [2.75, 3.05) is 18.4 Å². The topological polar surface area (TPSA) is 41.0 Å². The Labute approximate surface area is 125 Å². The predicted octanol–water partition coefficient (Wildman–Crippen LogP) is 2.33. The van der Waals surface area contributed by atoms with E-state index in [2.05, 4.69) is 50.5 Å². The Kier molecular flexibility index (Phi) is 3.11. The number of nitrogens with zero attached hydrogens (tertiary/aromatic N) is 3. The SMILES string of the molecule is Cc1cc(NC2[C@H]3CN(Cc4ccccc4)C[C@@H]23)ncn1. The number of aryl methyl sites for hydroxylation is 1. The van der Waals surface area contributed by atoms with Crippen LogP contribution in [0.25, 0.3) is 0 Å². The number of hydrogen-bond donors (Lipinski definition) is 1. The molecule has 1 N–H and O–H groups in total. The molecular weight excluding hydrogens is 260 g/mol. The monoisotopic (exact) mass is 280 g/mol. The fraction of sp³-hybridized carbons (Fsp3) is 0.412. The van der Waals surface area contributed by atoms with E-state index in [0.717, 1.165) is 29.9 Å². The molecule has 1 saturated heterocycles. The zero-order valence-corrected chi connectivity index (χ0v) is 12.2. The lowest BCUT2D eigenvalue weighted by Crippen LogP contribution is -2.27. The molecule has 4 rings (SSSR count). The normalized spacial score (nSPS) is 27.4. The number of nitrogens with one attached hydrogen (secondary N) is 1. The smallest absolute Gasteiger partial charge is 0.129 e. The van der Waals surface area contributed by atoms with Gasteiger partial charge in [-0.15, -0.1) is 0 Å². The maximum atomic E-state index is 4.30. The standard InChI is InChI=1S/C17H20N4/c1-12-7-16(19-11-18-12)20-17-14-9-21(10-15(14)17)8-13-5-3-2-4-6-13/h2-7,11,14-15,17H,8-10H2,1H3,(H,18,19,20)/t14-,15+,17?. The lowest BCUT2D eigenvalue weighted by molar-refractivity contribution is 0.292. The molecule has 21 heavy (non-hydrogen) atoms. The van der Waals surface area contributed by atoms with Gasteiger partial charge in [-0.2, -0.15) is 0 Å². The van der Waals surface area contributed by atoms with Gasteiger partial charge in [-0.1, -0.05) is 30.3 Å². The Balaban J connectivity index is 1.31. The molecule has 2 aromatic rings. The van der Waals surface area contributed by atoms with Gasteiger partial charge in [-0.3, -0.25) is 4.90 Å². The van der Waals surface area contributed by atoms with E-state index in [0.29, 0.717) is 6.04 Å². The zero-order valence-electron chi connectivity index (χ0n) is 12.2. The Bertz CT molecular complexity index is 616. The second kappa shape index (κ2) is 5.11. The van der Waals surface area contributed by atoms with Gasteiger partial charge < -0.3 is 5.32 Å². The van der Waals surface area contributed by atoms with Crippen molar-refractivity contribution >= 4 is 5.82 Å². The summed E-state index contributed by atoms with van der Waals surface area (Å²) in [5.41, 5.74) is 2.43. The summed E-state index contributed by atoms with van der Waals surface area (Å²) in [4.78, 5) is 11.0. The van der Waals surface area contributed by atoms with Gasteiger partial charge in [0.2, 0.25) is 0 Å². The van der Waals surface area contributed by atoms with E-state index in [-0.39, 0.29) is 0 Å². The van der Waals surface area contributed by atoms with Gasteiger partial charge in [0.25, 0.3) is 0 Å². The van der Waals surface area contributed by atoms with Crippen LogP contribution in [0.2, 0.25) is 0 Å². The Morgan fingerprint density at radius 2 is 1.90 bits per heavy atom. The molecule has 2 fully saturated rings. The van der Waals surface area contributed by atoms with Crippen LogP contribution in [0.15, 0.2) is 42.7 Å². The van der Waals surface area contributed by atoms with Crippen LogP contribution in [-0.2, 0) is 6.54 Å². The Morgan fingerprint density at radius 1 is 1.14 bits per heavy atom. The second-order valence-corrected chi connectivity index (χ2v) is 6.22. The number of piperidine rings is 1. The molecule has 1 aromatic heterocycles. The van der Waals surface area contributed by atoms with Gasteiger partial charge >= 0.3 is 0 Å². The van der Waals surface area contributed by atoms with E-state index < -0.39 is 0 Å². The van der Waals surface area contributed by atoms with E-state index in [1.165, 1.54) is 18.7 Å². The average molecular weight is 280 g/mol. The lowest BCUT2D eigenvalue weighted by atomic mass is 10.2. The zero-order chi connectivity index (χ0) is 14.2. The van der Waals surface area contributed by atoms with E-state index in [1.807, 2.05) is 13.0 Å². The summed E-state index contributed by atoms with van der Waals surface area (Å²) >= 11 is 0. The first-order valence-electron chi connectivity index (χ1n) is 7.61. The molecule has 0 radical (unpaired) electrons. The molecule has 4 heteroatoms. The molecule has 3 atom stereocenters. The molecule has 4 nitrogen and oxygen atoms in total. The highest BCUT2D eigenvalue weighted by Crippen LogP contribution is 2.47. The van der Waals surface area contributed by atoms with Crippen LogP contribution < -0.4 is 5.32 Å². The first-order valence-corrected chi connectivity index (χ1v) is 7.61. The van der Waals surface area contributed by atoms with Gasteiger partial charge in [0.1, 0.15) is 12.1 Å². The minimum absolute atomic E-state index is 0.603. The van der Waals surface area contributed by atoms with Crippen LogP contribution in [0.1, 0.15) is 11.3 Å². The van der Waals surface area contributed by atoms with Crippen molar-refractivity contribution in [1.82, 2.24) is 14.9 Å². The molecule has 2 heterocycles. The van der Waals surface area contributed by atoms with Crippen LogP contribution in [-0.4, -0.2) is 34.0 Å². The number of likely N-dealkylation sites (tertiary alicyclic amines) is 1. The van der Waals surface area contributed by atoms with Crippen molar-refractivity contribution in [3.63, 3.8) is 0 Å². The summed E-state index contributed by atoms with van der Waals surface area (Å²) in [6.45, 7) is 5.47. The van der Waals surface area contributed by atoms with Crippen LogP contribution in [0.5, 0.6) is 0 Å². The fourth-order valence-electron chi connectivity index (χ4n) is 3.50. The highest BCUT2D eigenvalue weighted by molar-refractivity contribution is 5.39. The van der Waals surface area contributed by atoms with Crippen molar-refractivity contribution in [3.8, 4) is 0 Å². The number of benzene rings is 1. The van der Waals surface area contributed by atoms with Crippen molar-refractivity contribution in [3.05, 3.63) is 54.0 Å². The third-order valence-electron chi connectivity index (χ3n) is 4.64. The number of aromatic nitrogens is 2. The van der Waals surface area contributed by atoms with Gasteiger partial charge in [0, 0.05) is 37.4 Å². The average Bonchev–Trinajstić information content (AvgIpc) is 2.94. The minimum Gasteiger partial charge on any atom is -0.367 e. The van der Waals surface area contributed by atoms with Crippen molar-refractivity contribution in [2.24, 2.45) is 11.8 Å². The van der Waals surface area contributed by atoms with E-state index >= 15 is 0 Å². The third-order valence-corrected chi connectivity index (χ3v) is 4.64.